The molecule has 8 atom stereocenters. The maximum Gasteiger partial charge on any atom is 0.312 e. The van der Waals surface area contributed by atoms with Crippen LogP contribution in [-0.2, 0) is 9.53 Å². The van der Waals surface area contributed by atoms with Crippen LogP contribution in [-0.4, -0.2) is 29.8 Å². The Morgan fingerprint density at radius 3 is 2.50 bits per heavy atom. The van der Waals surface area contributed by atoms with E-state index in [1.165, 1.54) is 0 Å². The van der Waals surface area contributed by atoms with Gasteiger partial charge in [-0.25, -0.2) is 0 Å². The van der Waals surface area contributed by atoms with Crippen molar-refractivity contribution in [3.63, 3.8) is 0 Å². The summed E-state index contributed by atoms with van der Waals surface area (Å²) in [7, 11) is 0. The molecule has 4 fully saturated rings. The second-order valence-corrected chi connectivity index (χ2v) is 10.7. The van der Waals surface area contributed by atoms with Gasteiger partial charge in [0.05, 0.1) is 18.1 Å². The van der Waals surface area contributed by atoms with Gasteiger partial charge in [0.2, 0.25) is 0 Å². The normalized spacial score (nSPS) is 55.8. The Labute approximate surface area is 158 Å². The maximum atomic E-state index is 12.9. The summed E-state index contributed by atoms with van der Waals surface area (Å²) in [6, 6.07) is -0.104. The molecule has 0 unspecified atom stereocenters. The Balaban J connectivity index is 1.73. The lowest BCUT2D eigenvalue weighted by atomic mass is 9.40. The lowest BCUT2D eigenvalue weighted by molar-refractivity contribution is -0.196. The Morgan fingerprint density at radius 1 is 1.12 bits per heavy atom. The van der Waals surface area contributed by atoms with Crippen molar-refractivity contribution >= 4 is 5.97 Å². The van der Waals surface area contributed by atoms with Crippen LogP contribution in [0.2, 0.25) is 0 Å². The molecule has 4 rings (SSSR count). The SMILES string of the molecule is CCOC(=O)[C@]1(C)CCC[C@@]2(C)[C@@H]3CC[C@@]4(C)C[C@]3(CC[C@@H]21)[C@@H](O)[C@H]4N. The summed E-state index contributed by atoms with van der Waals surface area (Å²) in [4.78, 5) is 12.9. The minimum Gasteiger partial charge on any atom is -0.466 e. The zero-order valence-electron chi connectivity index (χ0n) is 17.0. The fourth-order valence-corrected chi connectivity index (χ4v) is 8.39. The van der Waals surface area contributed by atoms with Crippen LogP contribution in [0.3, 0.4) is 0 Å². The zero-order chi connectivity index (χ0) is 19.0. The molecule has 0 aromatic carbocycles. The molecule has 0 saturated heterocycles. The minimum atomic E-state index is -0.395. The van der Waals surface area contributed by atoms with Crippen molar-refractivity contribution in [3.8, 4) is 0 Å². The van der Waals surface area contributed by atoms with Gasteiger partial charge in [-0.3, -0.25) is 4.79 Å². The summed E-state index contributed by atoms with van der Waals surface area (Å²) in [5, 5.41) is 11.2. The third kappa shape index (κ3) is 2.12. The lowest BCUT2D eigenvalue weighted by Gasteiger charge is -2.64. The van der Waals surface area contributed by atoms with Gasteiger partial charge in [-0.15, -0.1) is 0 Å². The van der Waals surface area contributed by atoms with Crippen LogP contribution in [0.25, 0.3) is 0 Å². The van der Waals surface area contributed by atoms with E-state index in [4.69, 9.17) is 10.5 Å². The fourth-order valence-electron chi connectivity index (χ4n) is 8.39. The third-order valence-corrected chi connectivity index (χ3v) is 9.58. The average molecular weight is 364 g/mol. The summed E-state index contributed by atoms with van der Waals surface area (Å²) in [6.07, 6.45) is 8.12. The number of rotatable bonds is 2. The largest absolute Gasteiger partial charge is 0.466 e. The molecule has 2 bridgehead atoms. The number of carbonyl (C=O) groups excluding carboxylic acids is 1. The average Bonchev–Trinajstić information content (AvgIpc) is 2.72. The molecule has 0 radical (unpaired) electrons. The van der Waals surface area contributed by atoms with Crippen molar-refractivity contribution in [1.82, 2.24) is 0 Å². The molecule has 0 aliphatic heterocycles. The Kier molecular flexibility index (Phi) is 4.11. The maximum absolute atomic E-state index is 12.9. The molecule has 4 aliphatic carbocycles. The van der Waals surface area contributed by atoms with Crippen LogP contribution in [0.5, 0.6) is 0 Å². The van der Waals surface area contributed by atoms with Crippen molar-refractivity contribution in [2.45, 2.75) is 91.2 Å². The number of aliphatic hydroxyl groups excluding tert-OH is 1. The highest BCUT2D eigenvalue weighted by Crippen LogP contribution is 2.73. The topological polar surface area (TPSA) is 72.5 Å². The van der Waals surface area contributed by atoms with Crippen LogP contribution >= 0.6 is 0 Å². The van der Waals surface area contributed by atoms with Crippen molar-refractivity contribution in [2.24, 2.45) is 39.2 Å². The first-order chi connectivity index (χ1) is 12.1. The smallest absolute Gasteiger partial charge is 0.312 e. The molecule has 1 spiro atoms. The standard InChI is InChI=1S/C22H37NO3/c1-5-26-18(25)21(4)10-6-9-20(3)14(21)8-12-22-13-19(2,11-7-15(20)22)16(23)17(22)24/h14-17,24H,5-13,23H2,1-4H3/t14-,15-,16+,17-,19-,20+,21+,22-/m0/s1. The van der Waals surface area contributed by atoms with E-state index in [1.807, 2.05) is 6.92 Å². The second kappa shape index (κ2) is 5.70. The molecule has 4 nitrogen and oxygen atoms in total. The molecule has 3 N–H and O–H groups in total. The number of hydrogen-bond donors (Lipinski definition) is 2. The monoisotopic (exact) mass is 363 g/mol. The van der Waals surface area contributed by atoms with Gasteiger partial charge in [0.15, 0.2) is 0 Å². The van der Waals surface area contributed by atoms with Gasteiger partial charge in [0, 0.05) is 11.5 Å². The van der Waals surface area contributed by atoms with Gasteiger partial charge in [-0.05, 0) is 81.5 Å². The molecule has 4 saturated carbocycles. The highest BCUT2D eigenvalue weighted by molar-refractivity contribution is 5.77. The van der Waals surface area contributed by atoms with E-state index < -0.39 is 6.10 Å². The van der Waals surface area contributed by atoms with E-state index in [1.54, 1.807) is 0 Å². The number of esters is 1. The summed E-state index contributed by atoms with van der Waals surface area (Å²) in [6.45, 7) is 9.20. The highest BCUT2D eigenvalue weighted by atomic mass is 16.5. The van der Waals surface area contributed by atoms with Crippen LogP contribution in [0, 0.1) is 33.5 Å². The first-order valence-corrected chi connectivity index (χ1v) is 10.7. The van der Waals surface area contributed by atoms with Gasteiger partial charge in [0.25, 0.3) is 0 Å². The third-order valence-electron chi connectivity index (χ3n) is 9.58. The van der Waals surface area contributed by atoms with Gasteiger partial charge >= 0.3 is 5.97 Å². The van der Waals surface area contributed by atoms with Crippen LogP contribution < -0.4 is 5.73 Å². The van der Waals surface area contributed by atoms with Gasteiger partial charge in [-0.1, -0.05) is 20.3 Å². The fraction of sp³-hybridized carbons (Fsp3) is 0.955. The van der Waals surface area contributed by atoms with Gasteiger partial charge < -0.3 is 15.6 Å². The quantitative estimate of drug-likeness (QED) is 0.735. The molecule has 0 amide bonds. The van der Waals surface area contributed by atoms with Crippen molar-refractivity contribution in [2.75, 3.05) is 6.61 Å². The lowest BCUT2D eigenvalue weighted by Crippen LogP contribution is -2.60. The van der Waals surface area contributed by atoms with Gasteiger partial charge in [0.1, 0.15) is 0 Å². The number of hydrogen-bond acceptors (Lipinski definition) is 4. The molecule has 0 heterocycles. The Bertz CT molecular complexity index is 608. The first kappa shape index (κ1) is 18.7. The summed E-state index contributed by atoms with van der Waals surface area (Å²) < 4.78 is 5.52. The second-order valence-electron chi connectivity index (χ2n) is 10.7. The molecule has 0 aromatic rings. The highest BCUT2D eigenvalue weighted by Gasteiger charge is 2.70. The zero-order valence-corrected chi connectivity index (χ0v) is 17.0. The molecule has 26 heavy (non-hydrogen) atoms. The van der Waals surface area contributed by atoms with Gasteiger partial charge in [-0.2, -0.15) is 0 Å². The Morgan fingerprint density at radius 2 is 1.81 bits per heavy atom. The predicted molar refractivity (Wildman–Crippen MR) is 101 cm³/mol. The number of carbonyl (C=O) groups is 1. The van der Waals surface area contributed by atoms with Crippen molar-refractivity contribution in [1.29, 1.82) is 0 Å². The molecule has 4 aliphatic rings. The van der Waals surface area contributed by atoms with E-state index in [0.717, 1.165) is 51.4 Å². The van der Waals surface area contributed by atoms with E-state index >= 15 is 0 Å². The van der Waals surface area contributed by atoms with E-state index in [9.17, 15) is 9.90 Å². The molecule has 0 aromatic heterocycles. The predicted octanol–water partition coefficient (Wildman–Crippen LogP) is 3.65. The first-order valence-electron chi connectivity index (χ1n) is 10.7. The summed E-state index contributed by atoms with van der Waals surface area (Å²) in [5.74, 6) is 0.822. The Hall–Kier alpha value is -0.610. The van der Waals surface area contributed by atoms with Crippen molar-refractivity contribution in [3.05, 3.63) is 0 Å². The number of ether oxygens (including phenoxy) is 1. The van der Waals surface area contributed by atoms with Crippen LogP contribution in [0.15, 0.2) is 0 Å². The van der Waals surface area contributed by atoms with Crippen molar-refractivity contribution < 1.29 is 14.6 Å². The van der Waals surface area contributed by atoms with E-state index in [-0.39, 0.29) is 33.7 Å². The van der Waals surface area contributed by atoms with E-state index in [2.05, 4.69) is 20.8 Å². The molecular formula is C22H37NO3. The molecule has 148 valence electrons. The number of fused-ring (bicyclic) bond motifs is 3. The number of nitrogens with two attached hydrogens (primary N) is 1. The minimum absolute atomic E-state index is 0.00352. The summed E-state index contributed by atoms with van der Waals surface area (Å²) in [5.41, 5.74) is 6.30. The summed E-state index contributed by atoms with van der Waals surface area (Å²) >= 11 is 0. The van der Waals surface area contributed by atoms with E-state index in [0.29, 0.717) is 18.4 Å². The van der Waals surface area contributed by atoms with Crippen LogP contribution in [0.1, 0.15) is 79.1 Å². The number of aliphatic hydroxyl groups is 1. The molecule has 4 heteroatoms. The molecular weight excluding hydrogens is 326 g/mol. The van der Waals surface area contributed by atoms with Crippen LogP contribution in [0.4, 0.5) is 0 Å².